The Hall–Kier alpha value is -0.195. The molecule has 3 unspecified atom stereocenters. The summed E-state index contributed by atoms with van der Waals surface area (Å²) in [6, 6.07) is 0. The van der Waals surface area contributed by atoms with Gasteiger partial charge in [-0.05, 0) is 18.8 Å². The second-order valence-corrected chi connectivity index (χ2v) is 6.16. The molecule has 17 heavy (non-hydrogen) atoms. The van der Waals surface area contributed by atoms with E-state index in [0.717, 1.165) is 17.6 Å². The minimum Gasteiger partial charge on any atom is -0.103 e. The van der Waals surface area contributed by atoms with Crippen molar-refractivity contribution in [3.8, 4) is 0 Å². The molecule has 2 fully saturated rings. The van der Waals surface area contributed by atoms with Gasteiger partial charge < -0.3 is 0 Å². The van der Waals surface area contributed by atoms with Crippen molar-refractivity contribution in [2.75, 3.05) is 0 Å². The van der Waals surface area contributed by atoms with E-state index in [0.29, 0.717) is 0 Å². The molecule has 1 heteroatoms. The number of unbranched alkanes of at least 4 members (excludes halogenated alkanes) is 4. The van der Waals surface area contributed by atoms with Crippen LogP contribution in [0.3, 0.4) is 0 Å². The van der Waals surface area contributed by atoms with Crippen LogP contribution in [0, 0.1) is 5.92 Å². The average Bonchev–Trinajstić information content (AvgIpc) is 2.36. The van der Waals surface area contributed by atoms with Gasteiger partial charge in [0.05, 0.1) is 0 Å². The molecule has 2 heterocycles. The molecule has 95 valence electrons. The van der Waals surface area contributed by atoms with Crippen molar-refractivity contribution in [3.63, 3.8) is 0 Å². The van der Waals surface area contributed by atoms with Gasteiger partial charge in [-0.15, -0.1) is 6.58 Å². The van der Waals surface area contributed by atoms with Crippen molar-refractivity contribution in [2.24, 2.45) is 5.92 Å². The summed E-state index contributed by atoms with van der Waals surface area (Å²) in [5, 5.41) is 0. The topological polar surface area (TPSA) is 0 Å². The van der Waals surface area contributed by atoms with E-state index in [1.807, 2.05) is 0 Å². The third-order valence-corrected chi connectivity index (χ3v) is 4.88. The van der Waals surface area contributed by atoms with Gasteiger partial charge in [-0.2, -0.15) is 0 Å². The van der Waals surface area contributed by atoms with Gasteiger partial charge in [-0.3, -0.25) is 0 Å². The maximum absolute atomic E-state index is 3.78. The fourth-order valence-electron chi connectivity index (χ4n) is 3.84. The van der Waals surface area contributed by atoms with Crippen LogP contribution in [0.5, 0.6) is 0 Å². The predicted molar refractivity (Wildman–Crippen MR) is 77.7 cm³/mol. The lowest BCUT2D eigenvalue weighted by atomic mass is 9.41. The van der Waals surface area contributed by atoms with E-state index < -0.39 is 0 Å². The van der Waals surface area contributed by atoms with Crippen LogP contribution in [0.25, 0.3) is 0 Å². The summed E-state index contributed by atoms with van der Waals surface area (Å²) in [6.45, 7) is 3.78. The highest BCUT2D eigenvalue weighted by Crippen LogP contribution is 2.46. The average molecular weight is 231 g/mol. The fraction of sp³-hybridized carbons (Fsp3) is 0.875. The zero-order valence-corrected chi connectivity index (χ0v) is 11.4. The Labute approximate surface area is 108 Å². The zero-order valence-electron chi connectivity index (χ0n) is 11.4. The monoisotopic (exact) mass is 231 g/mol. The molecule has 0 nitrogen and oxygen atoms in total. The number of rotatable bonds is 7. The van der Waals surface area contributed by atoms with E-state index in [1.165, 1.54) is 70.6 Å². The summed E-state index contributed by atoms with van der Waals surface area (Å²) in [6.07, 6.45) is 18.0. The van der Waals surface area contributed by atoms with Gasteiger partial charge in [0.25, 0.3) is 0 Å². The summed E-state index contributed by atoms with van der Waals surface area (Å²) in [5.74, 6) is 3.04. The second kappa shape index (κ2) is 7.29. The molecule has 0 aromatic carbocycles. The smallest absolute Gasteiger partial charge is 0.103 e. The Morgan fingerprint density at radius 2 is 1.88 bits per heavy atom. The standard InChI is InChI=1S/C16H28B/c1-2-3-4-5-6-7-9-14-12-13-15-10-8-11-16(14)17-15/h2,14-16H,1,3-13H2. The van der Waals surface area contributed by atoms with Crippen LogP contribution in [-0.4, -0.2) is 7.28 Å². The normalized spacial score (nSPS) is 31.9. The first-order valence-corrected chi connectivity index (χ1v) is 7.86. The van der Waals surface area contributed by atoms with E-state index in [2.05, 4.69) is 19.9 Å². The Morgan fingerprint density at radius 1 is 1.00 bits per heavy atom. The van der Waals surface area contributed by atoms with Crippen molar-refractivity contribution < 1.29 is 0 Å². The predicted octanol–water partition coefficient (Wildman–Crippen LogP) is 5.39. The van der Waals surface area contributed by atoms with Crippen LogP contribution in [0.4, 0.5) is 0 Å². The molecule has 0 N–H and O–H groups in total. The summed E-state index contributed by atoms with van der Waals surface area (Å²) >= 11 is 0. The minimum atomic E-state index is 0.996. The van der Waals surface area contributed by atoms with Crippen molar-refractivity contribution in [1.82, 2.24) is 0 Å². The van der Waals surface area contributed by atoms with Crippen LogP contribution >= 0.6 is 0 Å². The lowest BCUT2D eigenvalue weighted by Crippen LogP contribution is -2.29. The van der Waals surface area contributed by atoms with Crippen LogP contribution in [0.1, 0.15) is 70.6 Å². The summed E-state index contributed by atoms with van der Waals surface area (Å²) in [5.41, 5.74) is 0. The van der Waals surface area contributed by atoms with Crippen LogP contribution < -0.4 is 0 Å². The Morgan fingerprint density at radius 3 is 2.76 bits per heavy atom. The van der Waals surface area contributed by atoms with Crippen LogP contribution in [0.2, 0.25) is 11.6 Å². The molecule has 0 aliphatic carbocycles. The van der Waals surface area contributed by atoms with E-state index in [-0.39, 0.29) is 0 Å². The summed E-state index contributed by atoms with van der Waals surface area (Å²) in [4.78, 5) is 0. The van der Waals surface area contributed by atoms with Crippen molar-refractivity contribution in [2.45, 2.75) is 82.3 Å². The largest absolute Gasteiger partial charge is 0.118 e. The molecule has 2 aliphatic heterocycles. The van der Waals surface area contributed by atoms with Gasteiger partial charge in [0, 0.05) is 0 Å². The molecule has 0 aromatic heterocycles. The first-order valence-electron chi connectivity index (χ1n) is 7.86. The van der Waals surface area contributed by atoms with E-state index in [1.54, 1.807) is 0 Å². The van der Waals surface area contributed by atoms with Gasteiger partial charge in [-0.25, -0.2) is 0 Å². The quantitative estimate of drug-likeness (QED) is 0.313. The molecule has 0 amide bonds. The highest BCUT2D eigenvalue weighted by atomic mass is 14.3. The van der Waals surface area contributed by atoms with Crippen LogP contribution in [-0.2, 0) is 0 Å². The highest BCUT2D eigenvalue weighted by molar-refractivity contribution is 6.40. The van der Waals surface area contributed by atoms with Gasteiger partial charge in [0.15, 0.2) is 0 Å². The van der Waals surface area contributed by atoms with Crippen molar-refractivity contribution in [1.29, 1.82) is 0 Å². The lowest BCUT2D eigenvalue weighted by Gasteiger charge is -2.39. The Balaban J connectivity index is 1.57. The first-order chi connectivity index (χ1) is 8.40. The van der Waals surface area contributed by atoms with E-state index >= 15 is 0 Å². The van der Waals surface area contributed by atoms with Gasteiger partial charge in [0.2, 0.25) is 0 Å². The van der Waals surface area contributed by atoms with E-state index in [9.17, 15) is 0 Å². The fourth-order valence-corrected chi connectivity index (χ4v) is 3.84. The molecule has 0 spiro atoms. The minimum absolute atomic E-state index is 0.996. The maximum Gasteiger partial charge on any atom is 0.118 e. The Kier molecular flexibility index (Phi) is 5.68. The molecule has 2 saturated heterocycles. The third kappa shape index (κ3) is 4.19. The Bertz CT molecular complexity index is 224. The second-order valence-electron chi connectivity index (χ2n) is 6.16. The molecule has 2 bridgehead atoms. The SMILES string of the molecule is C=CCCCCCCC1CCC2[B]C1CCC2. The summed E-state index contributed by atoms with van der Waals surface area (Å²) < 4.78 is 0. The molecular weight excluding hydrogens is 203 g/mol. The summed E-state index contributed by atoms with van der Waals surface area (Å²) in [7, 11) is 2.72. The van der Waals surface area contributed by atoms with E-state index in [4.69, 9.17) is 0 Å². The molecule has 2 aliphatic rings. The number of allylic oxidation sites excluding steroid dienone is 1. The number of hydrogen-bond acceptors (Lipinski definition) is 0. The van der Waals surface area contributed by atoms with Crippen molar-refractivity contribution >= 4 is 7.28 Å². The number of hydrogen-bond donors (Lipinski definition) is 0. The molecule has 2 rings (SSSR count). The molecule has 1 radical (unpaired) electrons. The van der Waals surface area contributed by atoms with Crippen LogP contribution in [0.15, 0.2) is 12.7 Å². The van der Waals surface area contributed by atoms with Gasteiger partial charge in [0.1, 0.15) is 7.28 Å². The number of fused-ring (bicyclic) bond motifs is 2. The van der Waals surface area contributed by atoms with Gasteiger partial charge >= 0.3 is 0 Å². The van der Waals surface area contributed by atoms with Crippen molar-refractivity contribution in [3.05, 3.63) is 12.7 Å². The zero-order chi connectivity index (χ0) is 11.9. The molecular formula is C16H28B. The highest BCUT2D eigenvalue weighted by Gasteiger charge is 2.33. The lowest BCUT2D eigenvalue weighted by molar-refractivity contribution is 0.316. The third-order valence-electron chi connectivity index (χ3n) is 4.88. The molecule has 0 aromatic rings. The van der Waals surface area contributed by atoms with Gasteiger partial charge in [-0.1, -0.05) is 75.5 Å². The maximum atomic E-state index is 3.78. The molecule has 0 saturated carbocycles. The molecule has 3 atom stereocenters. The first kappa shape index (κ1) is 13.2.